The Morgan fingerprint density at radius 1 is 1.22 bits per heavy atom. The van der Waals surface area contributed by atoms with Gasteiger partial charge in [0.15, 0.2) is 0 Å². The lowest BCUT2D eigenvalue weighted by atomic mass is 10.2. The van der Waals surface area contributed by atoms with Crippen molar-refractivity contribution in [3.8, 4) is 0 Å². The van der Waals surface area contributed by atoms with E-state index in [-0.39, 0.29) is 18.1 Å². The van der Waals surface area contributed by atoms with E-state index < -0.39 is 22.0 Å². The Balaban J connectivity index is 2.42. The largest absolute Gasteiger partial charge is 0.481 e. The van der Waals surface area contributed by atoms with E-state index in [2.05, 4.69) is 0 Å². The maximum Gasteiger partial charge on any atom is 0.304 e. The van der Waals surface area contributed by atoms with E-state index in [9.17, 15) is 13.8 Å². The Morgan fingerprint density at radius 2 is 1.78 bits per heavy atom. The number of aliphatic carboxylic acids is 1. The zero-order valence-corrected chi connectivity index (χ0v) is 11.6. The van der Waals surface area contributed by atoms with Crippen molar-refractivity contribution in [3.63, 3.8) is 0 Å². The van der Waals surface area contributed by atoms with E-state index in [1.165, 1.54) is 0 Å². The van der Waals surface area contributed by atoms with Crippen LogP contribution < -0.4 is 0 Å². The fourth-order valence-corrected chi connectivity index (χ4v) is 3.05. The van der Waals surface area contributed by atoms with E-state index in [1.807, 2.05) is 0 Å². The number of carbonyl (C=O) groups is 2. The molecule has 18 heavy (non-hydrogen) atoms. The van der Waals surface area contributed by atoms with Gasteiger partial charge < -0.3 is 10.0 Å². The molecule has 1 heterocycles. The molecule has 1 N–H and O–H groups in total. The number of carboxylic acids is 1. The first kappa shape index (κ1) is 15.1. The Kier molecular flexibility index (Phi) is 6.32. The molecular weight excluding hydrogens is 254 g/mol. The van der Waals surface area contributed by atoms with Gasteiger partial charge in [-0.25, -0.2) is 0 Å². The summed E-state index contributed by atoms with van der Waals surface area (Å²) >= 11 is 0. The SMILES string of the molecule is CC(CC(=O)O)S(=O)CC(=O)N1CCCCCC1. The van der Waals surface area contributed by atoms with Crippen LogP contribution in [-0.2, 0) is 20.4 Å². The van der Waals surface area contributed by atoms with E-state index >= 15 is 0 Å². The molecule has 2 atom stereocenters. The molecule has 1 rings (SSSR count). The molecule has 0 aromatic heterocycles. The molecule has 2 unspecified atom stereocenters. The lowest BCUT2D eigenvalue weighted by Gasteiger charge is -2.20. The average molecular weight is 275 g/mol. The molecule has 0 aromatic rings. The Labute approximate surface area is 110 Å². The molecule has 5 nitrogen and oxygen atoms in total. The first-order valence-electron chi connectivity index (χ1n) is 6.37. The monoisotopic (exact) mass is 275 g/mol. The summed E-state index contributed by atoms with van der Waals surface area (Å²) in [4.78, 5) is 24.2. The zero-order valence-electron chi connectivity index (χ0n) is 10.8. The van der Waals surface area contributed by atoms with E-state index in [0.717, 1.165) is 38.8 Å². The second kappa shape index (κ2) is 7.51. The van der Waals surface area contributed by atoms with Crippen LogP contribution in [0.25, 0.3) is 0 Å². The summed E-state index contributed by atoms with van der Waals surface area (Å²) in [6.07, 6.45) is 4.14. The third-order valence-electron chi connectivity index (χ3n) is 3.14. The molecule has 0 radical (unpaired) electrons. The summed E-state index contributed by atoms with van der Waals surface area (Å²) in [6.45, 7) is 3.09. The minimum absolute atomic E-state index is 0.0472. The highest BCUT2D eigenvalue weighted by atomic mass is 32.2. The summed E-state index contributed by atoms with van der Waals surface area (Å²) in [5.41, 5.74) is 0. The molecule has 0 aliphatic carbocycles. The number of amides is 1. The molecule has 1 aliphatic rings. The molecule has 0 aromatic carbocycles. The summed E-state index contributed by atoms with van der Waals surface area (Å²) in [6, 6.07) is 0. The van der Waals surface area contributed by atoms with Crippen LogP contribution in [0.4, 0.5) is 0 Å². The molecule has 1 aliphatic heterocycles. The predicted octanol–water partition coefficient (Wildman–Crippen LogP) is 1.00. The first-order valence-corrected chi connectivity index (χ1v) is 7.75. The van der Waals surface area contributed by atoms with Crippen LogP contribution in [0.5, 0.6) is 0 Å². The van der Waals surface area contributed by atoms with Gasteiger partial charge in [0.1, 0.15) is 5.75 Å². The molecule has 104 valence electrons. The summed E-state index contributed by atoms with van der Waals surface area (Å²) < 4.78 is 11.8. The van der Waals surface area contributed by atoms with Gasteiger partial charge in [-0.2, -0.15) is 0 Å². The maximum atomic E-state index is 11.9. The van der Waals surface area contributed by atoms with Gasteiger partial charge in [0.05, 0.1) is 6.42 Å². The van der Waals surface area contributed by atoms with Crippen LogP contribution in [-0.4, -0.2) is 50.2 Å². The van der Waals surface area contributed by atoms with Gasteiger partial charge in [0.25, 0.3) is 0 Å². The molecule has 0 spiro atoms. The fourth-order valence-electron chi connectivity index (χ4n) is 2.01. The standard InChI is InChI=1S/C12H21NO4S/c1-10(8-12(15)16)18(17)9-11(14)13-6-4-2-3-5-7-13/h10H,2-9H2,1H3,(H,15,16). The van der Waals surface area contributed by atoms with Gasteiger partial charge in [0.2, 0.25) is 5.91 Å². The van der Waals surface area contributed by atoms with E-state index in [0.29, 0.717) is 0 Å². The third-order valence-corrected chi connectivity index (χ3v) is 4.73. The molecule has 0 bridgehead atoms. The number of hydrogen-bond acceptors (Lipinski definition) is 3. The minimum Gasteiger partial charge on any atom is -0.481 e. The maximum absolute atomic E-state index is 11.9. The average Bonchev–Trinajstić information content (AvgIpc) is 2.56. The van der Waals surface area contributed by atoms with Crippen molar-refractivity contribution in [3.05, 3.63) is 0 Å². The second-order valence-corrected chi connectivity index (χ2v) is 6.58. The van der Waals surface area contributed by atoms with Crippen molar-refractivity contribution < 1.29 is 18.9 Å². The van der Waals surface area contributed by atoms with Gasteiger partial charge in [-0.05, 0) is 12.8 Å². The number of rotatable bonds is 5. The molecule has 1 fully saturated rings. The fraction of sp³-hybridized carbons (Fsp3) is 0.833. The lowest BCUT2D eigenvalue weighted by Crippen LogP contribution is -2.36. The quantitative estimate of drug-likeness (QED) is 0.812. The smallest absolute Gasteiger partial charge is 0.304 e. The van der Waals surface area contributed by atoms with E-state index in [1.54, 1.807) is 11.8 Å². The third kappa shape index (κ3) is 5.16. The molecular formula is C12H21NO4S. The number of likely N-dealkylation sites (tertiary alicyclic amines) is 1. The minimum atomic E-state index is -1.39. The van der Waals surface area contributed by atoms with Crippen LogP contribution in [0, 0.1) is 0 Å². The topological polar surface area (TPSA) is 74.7 Å². The first-order chi connectivity index (χ1) is 8.50. The number of nitrogens with zero attached hydrogens (tertiary/aromatic N) is 1. The highest BCUT2D eigenvalue weighted by Gasteiger charge is 2.22. The Morgan fingerprint density at radius 3 is 2.28 bits per heavy atom. The Hall–Kier alpha value is -0.910. The van der Waals surface area contributed by atoms with Gasteiger partial charge in [0, 0.05) is 29.1 Å². The van der Waals surface area contributed by atoms with Crippen molar-refractivity contribution in [2.45, 2.75) is 44.3 Å². The summed E-state index contributed by atoms with van der Waals surface area (Å²) in [5, 5.41) is 8.15. The molecule has 0 saturated carbocycles. The van der Waals surface area contributed by atoms with Crippen LogP contribution in [0.3, 0.4) is 0 Å². The van der Waals surface area contributed by atoms with Crippen molar-refractivity contribution in [2.24, 2.45) is 0 Å². The van der Waals surface area contributed by atoms with Gasteiger partial charge in [-0.3, -0.25) is 13.8 Å². The summed E-state index contributed by atoms with van der Waals surface area (Å²) in [5.74, 6) is -1.13. The van der Waals surface area contributed by atoms with Crippen molar-refractivity contribution in [1.29, 1.82) is 0 Å². The van der Waals surface area contributed by atoms with Gasteiger partial charge in [-0.15, -0.1) is 0 Å². The van der Waals surface area contributed by atoms with Gasteiger partial charge >= 0.3 is 5.97 Å². The number of carbonyl (C=O) groups excluding carboxylic acids is 1. The van der Waals surface area contributed by atoms with Crippen molar-refractivity contribution in [2.75, 3.05) is 18.8 Å². The highest BCUT2D eigenvalue weighted by molar-refractivity contribution is 7.86. The normalized spacial score (nSPS) is 19.9. The second-order valence-electron chi connectivity index (χ2n) is 4.73. The van der Waals surface area contributed by atoms with Crippen LogP contribution >= 0.6 is 0 Å². The number of hydrogen-bond donors (Lipinski definition) is 1. The van der Waals surface area contributed by atoms with Crippen LogP contribution in [0.15, 0.2) is 0 Å². The zero-order chi connectivity index (χ0) is 13.5. The summed E-state index contributed by atoms with van der Waals surface area (Å²) in [7, 11) is -1.39. The lowest BCUT2D eigenvalue weighted by molar-refractivity contribution is -0.137. The molecule has 1 amide bonds. The number of carboxylic acid groups (broad SMARTS) is 1. The van der Waals surface area contributed by atoms with E-state index in [4.69, 9.17) is 5.11 Å². The molecule has 6 heteroatoms. The van der Waals surface area contributed by atoms with Crippen LogP contribution in [0.1, 0.15) is 39.0 Å². The molecule has 1 saturated heterocycles. The predicted molar refractivity (Wildman–Crippen MR) is 69.8 cm³/mol. The van der Waals surface area contributed by atoms with Crippen molar-refractivity contribution >= 4 is 22.7 Å². The Bertz CT molecular complexity index is 324. The van der Waals surface area contributed by atoms with Crippen LogP contribution in [0.2, 0.25) is 0 Å². The highest BCUT2D eigenvalue weighted by Crippen LogP contribution is 2.11. The van der Waals surface area contributed by atoms with Gasteiger partial charge in [-0.1, -0.05) is 19.8 Å². The van der Waals surface area contributed by atoms with Crippen molar-refractivity contribution in [1.82, 2.24) is 4.90 Å².